The normalized spacial score (nSPS) is 20.9. The van der Waals surface area contributed by atoms with Gasteiger partial charge in [-0.05, 0) is 98.8 Å². The van der Waals surface area contributed by atoms with Crippen LogP contribution in [0.3, 0.4) is 0 Å². The van der Waals surface area contributed by atoms with E-state index in [1.165, 1.54) is 89.9 Å². The van der Waals surface area contributed by atoms with E-state index >= 15 is 0 Å². The molecule has 0 radical (unpaired) electrons. The molecule has 0 N–H and O–H groups in total. The molecular weight excluding hydrogens is 498 g/mol. The summed E-state index contributed by atoms with van der Waals surface area (Å²) >= 11 is 0. The molecule has 2 fully saturated rings. The Morgan fingerprint density at radius 3 is 2.02 bits per heavy atom. The molecule has 0 amide bonds. The number of ether oxygens (including phenoxy) is 2. The summed E-state index contributed by atoms with van der Waals surface area (Å²) in [6.07, 6.45) is 24.4. The quantitative estimate of drug-likeness (QED) is 0.137. The average molecular weight is 566 g/mol. The second-order valence-corrected chi connectivity index (χ2v) is 14.9. The van der Waals surface area contributed by atoms with Gasteiger partial charge < -0.3 is 14.3 Å². The number of piperidine rings is 1. The van der Waals surface area contributed by atoms with Crippen molar-refractivity contribution >= 4 is 5.97 Å². The van der Waals surface area contributed by atoms with Crippen LogP contribution in [0.25, 0.3) is 0 Å². The number of hydroxylamine groups is 2. The Labute approximate surface area is 248 Å². The lowest BCUT2D eigenvalue weighted by atomic mass is 9.82. The lowest BCUT2D eigenvalue weighted by molar-refractivity contribution is -0.265. The van der Waals surface area contributed by atoms with Gasteiger partial charge in [0.05, 0.1) is 29.4 Å². The maximum absolute atomic E-state index is 12.5. The molecule has 0 aromatic rings. The van der Waals surface area contributed by atoms with Gasteiger partial charge in [-0.2, -0.15) is 0 Å². The zero-order chi connectivity index (χ0) is 29.5. The third-order valence-corrected chi connectivity index (χ3v) is 9.33. The largest absolute Gasteiger partial charge is 0.378 e. The molecule has 2 rings (SSSR count). The van der Waals surface area contributed by atoms with Gasteiger partial charge in [-0.3, -0.25) is 4.79 Å². The Bertz CT molecular complexity index is 667. The van der Waals surface area contributed by atoms with Crippen molar-refractivity contribution in [2.45, 2.75) is 200 Å². The number of rotatable bonds is 20. The van der Waals surface area contributed by atoms with Crippen molar-refractivity contribution in [3.8, 4) is 0 Å². The minimum Gasteiger partial charge on any atom is -0.378 e. The van der Waals surface area contributed by atoms with Crippen LogP contribution in [0.1, 0.15) is 177 Å². The van der Waals surface area contributed by atoms with Crippen molar-refractivity contribution in [3.05, 3.63) is 0 Å². The molecule has 236 valence electrons. The average Bonchev–Trinajstić information content (AvgIpc) is 2.88. The molecule has 1 unspecified atom stereocenters. The van der Waals surface area contributed by atoms with Gasteiger partial charge in [-0.1, -0.05) is 77.6 Å². The number of unbranched alkanes of at least 4 members (excludes halogenated alkanes) is 6. The molecule has 1 atom stereocenters. The molecule has 5 heteroatoms. The van der Waals surface area contributed by atoms with Gasteiger partial charge in [0, 0.05) is 13.0 Å². The second-order valence-electron chi connectivity index (χ2n) is 14.9. The minimum atomic E-state index is -0.170. The zero-order valence-corrected chi connectivity index (χ0v) is 27.8. The first-order valence-corrected chi connectivity index (χ1v) is 17.2. The van der Waals surface area contributed by atoms with Crippen molar-refractivity contribution in [3.63, 3.8) is 0 Å². The Morgan fingerprint density at radius 2 is 1.40 bits per heavy atom. The van der Waals surface area contributed by atoms with E-state index in [0.29, 0.717) is 19.1 Å². The summed E-state index contributed by atoms with van der Waals surface area (Å²) in [5.41, 5.74) is -0.332. The fraction of sp³-hybridized carbons (Fsp3) is 0.971. The third kappa shape index (κ3) is 14.0. The van der Waals surface area contributed by atoms with Crippen LogP contribution in [-0.2, 0) is 19.1 Å². The van der Waals surface area contributed by atoms with Crippen molar-refractivity contribution in [1.29, 1.82) is 0 Å². The molecule has 0 bridgehead atoms. The molecule has 1 saturated heterocycles. The highest BCUT2D eigenvalue weighted by atomic mass is 16.7. The smallest absolute Gasteiger partial charge is 0.325 e. The van der Waals surface area contributed by atoms with E-state index in [0.717, 1.165) is 44.6 Å². The SMILES string of the molecule is CCC(CCCCCCCCCC(=O)ON1C(C)(C)CCCC1(C)C)CCCOCC(C)(C)OC1CCCCC1. The lowest BCUT2D eigenvalue weighted by Gasteiger charge is -2.50. The second kappa shape index (κ2) is 18.1. The highest BCUT2D eigenvalue weighted by molar-refractivity contribution is 5.69. The van der Waals surface area contributed by atoms with Crippen LogP contribution in [0.4, 0.5) is 0 Å². The summed E-state index contributed by atoms with van der Waals surface area (Å²) in [4.78, 5) is 18.4. The molecule has 0 aromatic heterocycles. The monoisotopic (exact) mass is 566 g/mol. The zero-order valence-electron chi connectivity index (χ0n) is 27.8. The first-order valence-electron chi connectivity index (χ1n) is 17.2. The van der Waals surface area contributed by atoms with Crippen molar-refractivity contribution in [2.24, 2.45) is 5.92 Å². The van der Waals surface area contributed by atoms with Crippen LogP contribution in [0, 0.1) is 5.92 Å². The van der Waals surface area contributed by atoms with Crippen LogP contribution < -0.4 is 0 Å². The highest BCUT2D eigenvalue weighted by Crippen LogP contribution is 2.38. The van der Waals surface area contributed by atoms with Crippen molar-refractivity contribution in [1.82, 2.24) is 5.06 Å². The summed E-state index contributed by atoms with van der Waals surface area (Å²) < 4.78 is 12.4. The highest BCUT2D eigenvalue weighted by Gasteiger charge is 2.44. The first-order chi connectivity index (χ1) is 19.0. The van der Waals surface area contributed by atoms with Gasteiger partial charge in [0.1, 0.15) is 0 Å². The topological polar surface area (TPSA) is 48.0 Å². The fourth-order valence-electron chi connectivity index (χ4n) is 6.97. The molecule has 1 aliphatic carbocycles. The molecule has 40 heavy (non-hydrogen) atoms. The Balaban J connectivity index is 1.43. The summed E-state index contributed by atoms with van der Waals surface area (Å²) in [6, 6.07) is 0. The van der Waals surface area contributed by atoms with Crippen molar-refractivity contribution < 1.29 is 19.1 Å². The molecular formula is C35H67NO4. The number of hydrogen-bond acceptors (Lipinski definition) is 5. The lowest BCUT2D eigenvalue weighted by Crippen LogP contribution is -2.58. The van der Waals surface area contributed by atoms with Crippen molar-refractivity contribution in [2.75, 3.05) is 13.2 Å². The Morgan fingerprint density at radius 1 is 0.825 bits per heavy atom. The number of carbonyl (C=O) groups is 1. The standard InChI is InChI=1S/C35H67NO4/c1-8-30(22-19-28-38-29-35(6,7)39-31-23-16-14-17-24-31)21-15-12-10-9-11-13-18-25-32(37)40-36-33(2,3)26-20-27-34(36,4)5/h30-31H,8-29H2,1-7H3. The van der Waals surface area contributed by atoms with Gasteiger partial charge in [-0.15, -0.1) is 5.06 Å². The Hall–Kier alpha value is -0.650. The third-order valence-electron chi connectivity index (χ3n) is 9.33. The van der Waals surface area contributed by atoms with Gasteiger partial charge in [0.25, 0.3) is 0 Å². The molecule has 1 heterocycles. The molecule has 0 aromatic carbocycles. The van der Waals surface area contributed by atoms with E-state index in [1.807, 2.05) is 5.06 Å². The van der Waals surface area contributed by atoms with Gasteiger partial charge in [0.2, 0.25) is 0 Å². The number of hydrogen-bond donors (Lipinski definition) is 0. The number of carbonyl (C=O) groups excluding carboxylic acids is 1. The maximum Gasteiger partial charge on any atom is 0.325 e. The predicted molar refractivity (Wildman–Crippen MR) is 167 cm³/mol. The van der Waals surface area contributed by atoms with E-state index in [9.17, 15) is 4.79 Å². The van der Waals surface area contributed by atoms with E-state index in [2.05, 4.69) is 48.5 Å². The minimum absolute atomic E-state index is 0.0597. The fourth-order valence-corrected chi connectivity index (χ4v) is 6.97. The maximum atomic E-state index is 12.5. The summed E-state index contributed by atoms with van der Waals surface area (Å²) in [5.74, 6) is 0.770. The van der Waals surface area contributed by atoms with E-state index in [4.69, 9.17) is 14.3 Å². The van der Waals surface area contributed by atoms with E-state index in [-0.39, 0.29) is 22.6 Å². The molecule has 0 spiro atoms. The molecule has 1 saturated carbocycles. The van der Waals surface area contributed by atoms with Crippen LogP contribution >= 0.6 is 0 Å². The molecule has 2 aliphatic rings. The summed E-state index contributed by atoms with van der Waals surface area (Å²) in [7, 11) is 0. The molecule has 1 aliphatic heterocycles. The van der Waals surface area contributed by atoms with E-state index < -0.39 is 0 Å². The predicted octanol–water partition coefficient (Wildman–Crippen LogP) is 9.95. The molecule has 5 nitrogen and oxygen atoms in total. The van der Waals surface area contributed by atoms with Gasteiger partial charge in [-0.25, -0.2) is 0 Å². The first kappa shape index (κ1) is 35.5. The van der Waals surface area contributed by atoms with Crippen LogP contribution in [0.15, 0.2) is 0 Å². The van der Waals surface area contributed by atoms with Crippen LogP contribution in [-0.4, -0.2) is 47.0 Å². The van der Waals surface area contributed by atoms with E-state index in [1.54, 1.807) is 0 Å². The number of nitrogens with zero attached hydrogens (tertiary/aromatic N) is 1. The van der Waals surface area contributed by atoms with Gasteiger partial charge in [0.15, 0.2) is 0 Å². The van der Waals surface area contributed by atoms with Gasteiger partial charge >= 0.3 is 5.97 Å². The van der Waals surface area contributed by atoms with Crippen LogP contribution in [0.5, 0.6) is 0 Å². The van der Waals surface area contributed by atoms with Crippen LogP contribution in [0.2, 0.25) is 0 Å². The summed E-state index contributed by atoms with van der Waals surface area (Å²) in [6.45, 7) is 17.0. The summed E-state index contributed by atoms with van der Waals surface area (Å²) in [5, 5.41) is 1.98. The Kier molecular flexibility index (Phi) is 16.1.